The number of carbonyl (C=O) groups excluding carboxylic acids is 2. The van der Waals surface area contributed by atoms with Gasteiger partial charge in [-0.3, -0.25) is 10.1 Å². The molecule has 0 fully saturated rings. The second-order valence-corrected chi connectivity index (χ2v) is 3.34. The Bertz CT molecular complexity index is 460. The van der Waals surface area contributed by atoms with Gasteiger partial charge in [-0.15, -0.1) is 0 Å². The zero-order valence-corrected chi connectivity index (χ0v) is 9.54. The van der Waals surface area contributed by atoms with Gasteiger partial charge >= 0.3 is 6.09 Å². The molecule has 5 nitrogen and oxygen atoms in total. The zero-order chi connectivity index (χ0) is 13.0. The van der Waals surface area contributed by atoms with Crippen LogP contribution in [-0.4, -0.2) is 18.6 Å². The maximum Gasteiger partial charge on any atom is 0.411 e. The van der Waals surface area contributed by atoms with E-state index in [-0.39, 0.29) is 23.4 Å². The molecule has 3 N–H and O–H groups in total. The van der Waals surface area contributed by atoms with Crippen molar-refractivity contribution in [3.63, 3.8) is 0 Å². The number of ether oxygens (including phenoxy) is 1. The molecule has 0 aliphatic rings. The summed E-state index contributed by atoms with van der Waals surface area (Å²) in [6.45, 7) is 3.32. The van der Waals surface area contributed by atoms with Gasteiger partial charge in [-0.05, 0) is 26.0 Å². The normalized spacial score (nSPS) is 9.82. The fourth-order valence-corrected chi connectivity index (χ4v) is 1.23. The molecule has 0 unspecified atom stereocenters. The molecule has 0 aliphatic heterocycles. The van der Waals surface area contributed by atoms with Crippen LogP contribution in [-0.2, 0) is 4.74 Å². The maximum absolute atomic E-state index is 13.4. The Morgan fingerprint density at radius 1 is 1.47 bits per heavy atom. The van der Waals surface area contributed by atoms with Gasteiger partial charge in [0, 0.05) is 11.1 Å². The average Bonchev–Trinajstić information content (AvgIpc) is 2.24. The Kier molecular flexibility index (Phi) is 4.03. The summed E-state index contributed by atoms with van der Waals surface area (Å²) in [5.41, 5.74) is 5.40. The van der Waals surface area contributed by atoms with Gasteiger partial charge in [0.2, 0.25) is 5.91 Å². The van der Waals surface area contributed by atoms with Crippen LogP contribution in [0.4, 0.5) is 14.9 Å². The van der Waals surface area contributed by atoms with E-state index < -0.39 is 17.8 Å². The van der Waals surface area contributed by atoms with E-state index in [1.165, 1.54) is 13.0 Å². The minimum Gasteiger partial charge on any atom is -0.450 e. The number of primary amides is 1. The van der Waals surface area contributed by atoms with Gasteiger partial charge in [0.15, 0.2) is 0 Å². The lowest BCUT2D eigenvalue weighted by Gasteiger charge is -2.10. The van der Waals surface area contributed by atoms with Crippen molar-refractivity contribution in [3.8, 4) is 0 Å². The van der Waals surface area contributed by atoms with Crippen molar-refractivity contribution in [2.75, 3.05) is 11.9 Å². The Balaban J connectivity index is 3.05. The van der Waals surface area contributed by atoms with Gasteiger partial charge in [-0.2, -0.15) is 0 Å². The summed E-state index contributed by atoms with van der Waals surface area (Å²) in [6, 6.07) is 2.33. The van der Waals surface area contributed by atoms with E-state index in [4.69, 9.17) is 5.73 Å². The largest absolute Gasteiger partial charge is 0.450 e. The van der Waals surface area contributed by atoms with Gasteiger partial charge in [0.1, 0.15) is 5.82 Å². The number of hydrogen-bond acceptors (Lipinski definition) is 3. The number of amides is 2. The summed E-state index contributed by atoms with van der Waals surface area (Å²) in [5, 5.41) is 2.34. The van der Waals surface area contributed by atoms with Crippen molar-refractivity contribution in [3.05, 3.63) is 29.1 Å². The molecule has 1 aromatic rings. The van der Waals surface area contributed by atoms with Crippen LogP contribution in [0.1, 0.15) is 22.8 Å². The molecular formula is C11H13FN2O3. The molecule has 0 heterocycles. The quantitative estimate of drug-likeness (QED) is 0.845. The number of nitrogens with one attached hydrogen (secondary N) is 1. The molecule has 92 valence electrons. The first kappa shape index (κ1) is 13.0. The molecule has 17 heavy (non-hydrogen) atoms. The van der Waals surface area contributed by atoms with E-state index in [0.29, 0.717) is 0 Å². The number of benzene rings is 1. The first-order chi connectivity index (χ1) is 7.95. The van der Waals surface area contributed by atoms with Crippen LogP contribution in [0, 0.1) is 12.7 Å². The summed E-state index contributed by atoms with van der Waals surface area (Å²) in [7, 11) is 0. The number of nitrogens with two attached hydrogens (primary N) is 1. The lowest BCUT2D eigenvalue weighted by atomic mass is 10.1. The SMILES string of the molecule is CCOC(=O)Nc1cc(C(N)=O)cc(F)c1C. The molecule has 0 radical (unpaired) electrons. The smallest absolute Gasteiger partial charge is 0.411 e. The number of carbonyl (C=O) groups is 2. The highest BCUT2D eigenvalue weighted by Gasteiger charge is 2.12. The maximum atomic E-state index is 13.4. The second kappa shape index (κ2) is 5.29. The van der Waals surface area contributed by atoms with E-state index >= 15 is 0 Å². The van der Waals surface area contributed by atoms with E-state index in [0.717, 1.165) is 6.07 Å². The van der Waals surface area contributed by atoms with Crippen molar-refractivity contribution >= 4 is 17.7 Å². The third-order valence-corrected chi connectivity index (χ3v) is 2.14. The number of halogens is 1. The first-order valence-electron chi connectivity index (χ1n) is 4.99. The standard InChI is InChI=1S/C11H13FN2O3/c1-3-17-11(16)14-9-5-7(10(13)15)4-8(12)6(9)2/h4-5H,3H2,1-2H3,(H2,13,15)(H,14,16). The van der Waals surface area contributed by atoms with Crippen LogP contribution in [0.3, 0.4) is 0 Å². The highest BCUT2D eigenvalue weighted by Crippen LogP contribution is 2.20. The molecule has 0 aliphatic carbocycles. The minimum absolute atomic E-state index is 0.0140. The number of hydrogen-bond donors (Lipinski definition) is 2. The summed E-state index contributed by atoms with van der Waals surface area (Å²) < 4.78 is 18.1. The predicted octanol–water partition coefficient (Wildman–Crippen LogP) is 1.80. The van der Waals surface area contributed by atoms with Gasteiger partial charge in [-0.25, -0.2) is 9.18 Å². The Hall–Kier alpha value is -2.11. The van der Waals surface area contributed by atoms with Crippen LogP contribution in [0.2, 0.25) is 0 Å². The fourth-order valence-electron chi connectivity index (χ4n) is 1.23. The molecule has 6 heteroatoms. The van der Waals surface area contributed by atoms with Crippen molar-refractivity contribution in [2.24, 2.45) is 5.73 Å². The molecule has 0 atom stereocenters. The lowest BCUT2D eigenvalue weighted by molar-refractivity contribution is 0.0999. The average molecular weight is 240 g/mol. The molecule has 1 aromatic carbocycles. The van der Waals surface area contributed by atoms with Gasteiger partial charge in [0.25, 0.3) is 0 Å². The Morgan fingerprint density at radius 3 is 2.65 bits per heavy atom. The zero-order valence-electron chi connectivity index (χ0n) is 9.54. The van der Waals surface area contributed by atoms with Gasteiger partial charge in [-0.1, -0.05) is 0 Å². The van der Waals surface area contributed by atoms with E-state index in [1.807, 2.05) is 0 Å². The molecule has 0 aromatic heterocycles. The highest BCUT2D eigenvalue weighted by atomic mass is 19.1. The number of rotatable bonds is 3. The molecule has 2 amide bonds. The van der Waals surface area contributed by atoms with Crippen molar-refractivity contribution in [1.82, 2.24) is 0 Å². The summed E-state index contributed by atoms with van der Waals surface area (Å²) in [4.78, 5) is 22.1. The van der Waals surface area contributed by atoms with E-state index in [9.17, 15) is 14.0 Å². The van der Waals surface area contributed by atoms with E-state index in [1.54, 1.807) is 6.92 Å². The highest BCUT2D eigenvalue weighted by molar-refractivity contribution is 5.95. The summed E-state index contributed by atoms with van der Waals surface area (Å²) in [6.07, 6.45) is -0.711. The third kappa shape index (κ3) is 3.17. The van der Waals surface area contributed by atoms with Gasteiger partial charge in [0.05, 0.1) is 12.3 Å². The van der Waals surface area contributed by atoms with Crippen molar-refractivity contribution in [2.45, 2.75) is 13.8 Å². The Labute approximate surface area is 97.7 Å². The Morgan fingerprint density at radius 2 is 2.12 bits per heavy atom. The molecule has 0 saturated carbocycles. The van der Waals surface area contributed by atoms with Crippen LogP contribution in [0.25, 0.3) is 0 Å². The molecule has 0 saturated heterocycles. The predicted molar refractivity (Wildman–Crippen MR) is 60.3 cm³/mol. The molecule has 0 spiro atoms. The third-order valence-electron chi connectivity index (χ3n) is 2.14. The van der Waals surface area contributed by atoms with E-state index in [2.05, 4.69) is 10.1 Å². The van der Waals surface area contributed by atoms with Crippen molar-refractivity contribution < 1.29 is 18.7 Å². The molecule has 0 bridgehead atoms. The number of anilines is 1. The fraction of sp³-hybridized carbons (Fsp3) is 0.273. The summed E-state index contributed by atoms with van der Waals surface area (Å²) >= 11 is 0. The van der Waals surface area contributed by atoms with Crippen LogP contribution >= 0.6 is 0 Å². The van der Waals surface area contributed by atoms with Crippen LogP contribution < -0.4 is 11.1 Å². The minimum atomic E-state index is -0.768. The molecule has 1 rings (SSSR count). The van der Waals surface area contributed by atoms with Gasteiger partial charge < -0.3 is 10.5 Å². The monoisotopic (exact) mass is 240 g/mol. The first-order valence-corrected chi connectivity index (χ1v) is 4.99. The van der Waals surface area contributed by atoms with Crippen LogP contribution in [0.15, 0.2) is 12.1 Å². The lowest BCUT2D eigenvalue weighted by Crippen LogP contribution is -2.17. The van der Waals surface area contributed by atoms with Crippen LogP contribution in [0.5, 0.6) is 0 Å². The van der Waals surface area contributed by atoms with Crippen molar-refractivity contribution in [1.29, 1.82) is 0 Å². The summed E-state index contributed by atoms with van der Waals surface area (Å²) in [5.74, 6) is -1.39. The second-order valence-electron chi connectivity index (χ2n) is 3.34. The topological polar surface area (TPSA) is 81.4 Å². The molecular weight excluding hydrogens is 227 g/mol.